The summed E-state index contributed by atoms with van der Waals surface area (Å²) in [6.07, 6.45) is -0.574. The maximum atomic E-state index is 12.7. The Kier molecular flexibility index (Phi) is 6.42. The highest BCUT2D eigenvalue weighted by atomic mass is 32.2. The van der Waals surface area contributed by atoms with Crippen LogP contribution < -0.4 is 15.8 Å². The second-order valence-corrected chi connectivity index (χ2v) is 10.1. The highest BCUT2D eigenvalue weighted by Crippen LogP contribution is 2.37. The van der Waals surface area contributed by atoms with E-state index in [2.05, 4.69) is 10.1 Å². The van der Waals surface area contributed by atoms with Crippen LogP contribution >= 0.6 is 0 Å². The van der Waals surface area contributed by atoms with Crippen molar-refractivity contribution in [2.24, 2.45) is 17.6 Å². The van der Waals surface area contributed by atoms with Gasteiger partial charge in [0.15, 0.2) is 9.84 Å². The van der Waals surface area contributed by atoms with Crippen molar-refractivity contribution < 1.29 is 31.1 Å². The molecular weight excluding hydrogens is 409 g/mol. The predicted molar refractivity (Wildman–Crippen MR) is 99.8 cm³/mol. The van der Waals surface area contributed by atoms with E-state index in [0.717, 1.165) is 37.8 Å². The first kappa shape index (κ1) is 21.9. The molecule has 2 saturated carbocycles. The summed E-state index contributed by atoms with van der Waals surface area (Å²) < 4.78 is 66.2. The largest absolute Gasteiger partial charge is 0.573 e. The fourth-order valence-corrected chi connectivity index (χ4v) is 5.98. The molecule has 1 aromatic rings. The van der Waals surface area contributed by atoms with Gasteiger partial charge in [0.2, 0.25) is 5.91 Å². The summed E-state index contributed by atoms with van der Waals surface area (Å²) in [7, 11) is -3.76. The normalized spacial score (nSPS) is 27.7. The molecule has 2 aliphatic rings. The van der Waals surface area contributed by atoms with Crippen molar-refractivity contribution >= 4 is 15.7 Å². The summed E-state index contributed by atoms with van der Waals surface area (Å²) in [5.41, 5.74) is 6.01. The standard InChI is InChI=1S/C19H25F3N2O4S/c20-19(21,22)28-13-4-3-5-14(10-13)29(26,27)15-8-12(9-15)11-24-18(25)16-6-1-2-7-17(16)23/h3-5,10,12,15-17H,1-2,6-9,11,23H2,(H,24,25)/t12?,15?,16-,17-/m0/s1. The lowest BCUT2D eigenvalue weighted by molar-refractivity contribution is -0.274. The van der Waals surface area contributed by atoms with Crippen LogP contribution in [0, 0.1) is 11.8 Å². The molecule has 6 nitrogen and oxygen atoms in total. The summed E-state index contributed by atoms with van der Waals surface area (Å²) in [6.45, 7) is 0.380. The molecular formula is C19H25F3N2O4S. The third-order valence-electron chi connectivity index (χ3n) is 5.72. The van der Waals surface area contributed by atoms with Crippen LogP contribution in [-0.2, 0) is 14.6 Å². The summed E-state index contributed by atoms with van der Waals surface area (Å²) in [4.78, 5) is 12.1. The van der Waals surface area contributed by atoms with E-state index in [1.54, 1.807) is 0 Å². The van der Waals surface area contributed by atoms with Crippen LogP contribution in [0.2, 0.25) is 0 Å². The summed E-state index contributed by atoms with van der Waals surface area (Å²) in [5.74, 6) is -0.820. The van der Waals surface area contributed by atoms with E-state index in [1.807, 2.05) is 0 Å². The van der Waals surface area contributed by atoms with Gasteiger partial charge < -0.3 is 15.8 Å². The number of nitrogens with two attached hydrogens (primary N) is 1. The fraction of sp³-hybridized carbons (Fsp3) is 0.632. The minimum absolute atomic E-state index is 0.0214. The van der Waals surface area contributed by atoms with Gasteiger partial charge in [-0.2, -0.15) is 0 Å². The molecule has 2 aliphatic carbocycles. The molecule has 3 rings (SSSR count). The third-order valence-corrected chi connectivity index (χ3v) is 7.89. The van der Waals surface area contributed by atoms with Gasteiger partial charge in [-0.05, 0) is 49.8 Å². The number of sulfone groups is 1. The minimum Gasteiger partial charge on any atom is -0.406 e. The predicted octanol–water partition coefficient (Wildman–Crippen LogP) is 2.77. The van der Waals surface area contributed by atoms with Gasteiger partial charge in [0, 0.05) is 12.6 Å². The number of ether oxygens (including phenoxy) is 1. The Hall–Kier alpha value is -1.81. The van der Waals surface area contributed by atoms with Crippen LogP contribution in [-0.4, -0.2) is 38.5 Å². The molecule has 0 aromatic heterocycles. The molecule has 0 aliphatic heterocycles. The molecule has 0 radical (unpaired) electrons. The summed E-state index contributed by atoms with van der Waals surface area (Å²) >= 11 is 0. The molecule has 162 valence electrons. The first-order valence-electron chi connectivity index (χ1n) is 9.69. The average Bonchev–Trinajstić information content (AvgIpc) is 2.59. The lowest BCUT2D eigenvalue weighted by Crippen LogP contribution is -2.47. The third kappa shape index (κ3) is 5.42. The summed E-state index contributed by atoms with van der Waals surface area (Å²) in [6, 6.07) is 4.30. The number of hydrogen-bond acceptors (Lipinski definition) is 5. The number of carbonyl (C=O) groups excluding carboxylic acids is 1. The molecule has 29 heavy (non-hydrogen) atoms. The number of hydrogen-bond donors (Lipinski definition) is 2. The van der Waals surface area contributed by atoms with Crippen LogP contribution in [0.4, 0.5) is 13.2 Å². The quantitative estimate of drug-likeness (QED) is 0.718. The number of halogens is 3. The van der Waals surface area contributed by atoms with Crippen LogP contribution in [0.3, 0.4) is 0 Å². The van der Waals surface area contributed by atoms with E-state index in [1.165, 1.54) is 12.1 Å². The van der Waals surface area contributed by atoms with E-state index < -0.39 is 27.2 Å². The zero-order valence-electron chi connectivity index (χ0n) is 15.8. The van der Waals surface area contributed by atoms with Crippen LogP contribution in [0.15, 0.2) is 29.2 Å². The topological polar surface area (TPSA) is 98.5 Å². The van der Waals surface area contributed by atoms with Gasteiger partial charge in [-0.1, -0.05) is 18.9 Å². The highest BCUT2D eigenvalue weighted by Gasteiger charge is 2.40. The maximum Gasteiger partial charge on any atom is 0.573 e. The Labute approximate surface area is 167 Å². The van der Waals surface area contributed by atoms with Gasteiger partial charge in [-0.25, -0.2) is 8.42 Å². The van der Waals surface area contributed by atoms with Gasteiger partial charge in [0.05, 0.1) is 16.1 Å². The molecule has 10 heteroatoms. The second-order valence-electron chi connectivity index (χ2n) is 7.83. The van der Waals surface area contributed by atoms with Gasteiger partial charge in [-0.15, -0.1) is 13.2 Å². The molecule has 0 saturated heterocycles. The van der Waals surface area contributed by atoms with E-state index in [9.17, 15) is 26.4 Å². The molecule has 2 fully saturated rings. The Morgan fingerprint density at radius 2 is 1.90 bits per heavy atom. The Morgan fingerprint density at radius 1 is 1.21 bits per heavy atom. The molecule has 0 bridgehead atoms. The minimum atomic E-state index is -4.89. The zero-order valence-corrected chi connectivity index (χ0v) is 16.6. The second kappa shape index (κ2) is 8.51. The van der Waals surface area contributed by atoms with E-state index >= 15 is 0 Å². The van der Waals surface area contributed by atoms with Crippen molar-refractivity contribution in [3.05, 3.63) is 24.3 Å². The SMILES string of the molecule is N[C@H]1CCCC[C@@H]1C(=O)NCC1CC(S(=O)(=O)c2cccc(OC(F)(F)F)c2)C1. The van der Waals surface area contributed by atoms with Crippen LogP contribution in [0.25, 0.3) is 0 Å². The first-order valence-corrected chi connectivity index (χ1v) is 11.2. The van der Waals surface area contributed by atoms with Crippen molar-refractivity contribution in [3.8, 4) is 5.75 Å². The molecule has 1 amide bonds. The number of carbonyl (C=O) groups is 1. The molecule has 0 unspecified atom stereocenters. The molecule has 1 aromatic carbocycles. The lowest BCUT2D eigenvalue weighted by Gasteiger charge is -2.35. The number of alkyl halides is 3. The van der Waals surface area contributed by atoms with Gasteiger partial charge >= 0.3 is 6.36 Å². The van der Waals surface area contributed by atoms with Gasteiger partial charge in [-0.3, -0.25) is 4.79 Å². The zero-order chi connectivity index (χ0) is 21.2. The van der Waals surface area contributed by atoms with Gasteiger partial charge in [0.1, 0.15) is 5.75 Å². The van der Waals surface area contributed by atoms with E-state index in [0.29, 0.717) is 19.4 Å². The van der Waals surface area contributed by atoms with Crippen molar-refractivity contribution in [1.29, 1.82) is 0 Å². The highest BCUT2D eigenvalue weighted by molar-refractivity contribution is 7.92. The molecule has 0 heterocycles. The first-order chi connectivity index (χ1) is 13.6. The van der Waals surface area contributed by atoms with Crippen LogP contribution in [0.1, 0.15) is 38.5 Å². The Morgan fingerprint density at radius 3 is 2.55 bits per heavy atom. The van der Waals surface area contributed by atoms with Crippen molar-refractivity contribution in [3.63, 3.8) is 0 Å². The molecule has 0 spiro atoms. The summed E-state index contributed by atoms with van der Waals surface area (Å²) in [5, 5.41) is 2.19. The maximum absolute atomic E-state index is 12.7. The molecule has 2 atom stereocenters. The average molecular weight is 434 g/mol. The number of benzene rings is 1. The van der Waals surface area contributed by atoms with Crippen LogP contribution in [0.5, 0.6) is 5.75 Å². The lowest BCUT2D eigenvalue weighted by atomic mass is 9.83. The fourth-order valence-electron chi connectivity index (χ4n) is 4.00. The molecule has 3 N–H and O–H groups in total. The number of rotatable bonds is 6. The van der Waals surface area contributed by atoms with E-state index in [4.69, 9.17) is 5.73 Å². The van der Waals surface area contributed by atoms with Crippen molar-refractivity contribution in [1.82, 2.24) is 5.32 Å². The number of nitrogens with one attached hydrogen (secondary N) is 1. The van der Waals surface area contributed by atoms with Crippen molar-refractivity contribution in [2.75, 3.05) is 6.54 Å². The van der Waals surface area contributed by atoms with E-state index in [-0.39, 0.29) is 28.7 Å². The Bertz CT molecular complexity index is 838. The van der Waals surface area contributed by atoms with Gasteiger partial charge in [0.25, 0.3) is 0 Å². The smallest absolute Gasteiger partial charge is 0.406 e. The number of amides is 1. The van der Waals surface area contributed by atoms with Crippen molar-refractivity contribution in [2.45, 2.75) is 61.1 Å². The monoisotopic (exact) mass is 434 g/mol. The Balaban J connectivity index is 1.52.